The highest BCUT2D eigenvalue weighted by Gasteiger charge is 1.99. The molecule has 0 fully saturated rings. The van der Waals surface area contributed by atoms with Gasteiger partial charge in [-0.15, -0.1) is 11.3 Å². The smallest absolute Gasteiger partial charge is 0.126 e. The van der Waals surface area contributed by atoms with Crippen LogP contribution in [0.15, 0.2) is 23.8 Å². The minimum atomic E-state index is 0.721. The lowest BCUT2D eigenvalue weighted by Gasteiger charge is -2.05. The first kappa shape index (κ1) is 9.92. The van der Waals surface area contributed by atoms with Crippen molar-refractivity contribution < 1.29 is 0 Å². The van der Waals surface area contributed by atoms with Crippen molar-refractivity contribution >= 4 is 22.8 Å². The summed E-state index contributed by atoms with van der Waals surface area (Å²) in [6, 6.07) is 3.74. The summed E-state index contributed by atoms with van der Waals surface area (Å²) in [6.45, 7) is 2.65. The number of rotatable bonds is 3. The van der Waals surface area contributed by atoms with E-state index in [1.54, 1.807) is 11.3 Å². The average Bonchev–Trinajstić information content (AvgIpc) is 2.73. The third kappa shape index (κ3) is 2.44. The lowest BCUT2D eigenvalue weighted by Crippen LogP contribution is -2.02. The zero-order valence-electron chi connectivity index (χ0n) is 8.40. The van der Waals surface area contributed by atoms with Gasteiger partial charge in [-0.2, -0.15) is 0 Å². The van der Waals surface area contributed by atoms with Crippen LogP contribution in [-0.4, -0.2) is 9.97 Å². The largest absolute Gasteiger partial charge is 0.397 e. The molecule has 0 aliphatic carbocycles. The second-order valence-corrected chi connectivity index (χ2v) is 4.16. The summed E-state index contributed by atoms with van der Waals surface area (Å²) in [5.74, 6) is 0.843. The number of pyridine rings is 1. The number of nitrogens with one attached hydrogen (secondary N) is 1. The Labute approximate surface area is 92.2 Å². The molecule has 0 aliphatic heterocycles. The Morgan fingerprint density at radius 2 is 2.33 bits per heavy atom. The summed E-state index contributed by atoms with van der Waals surface area (Å²) in [5, 5.41) is 3.22. The number of nitrogen functional groups attached to an aromatic ring is 1. The zero-order chi connectivity index (χ0) is 10.7. The van der Waals surface area contributed by atoms with Crippen LogP contribution in [0.4, 0.5) is 11.5 Å². The van der Waals surface area contributed by atoms with Crippen LogP contribution in [0, 0.1) is 6.92 Å². The van der Waals surface area contributed by atoms with Crippen LogP contribution in [0.2, 0.25) is 0 Å². The van der Waals surface area contributed by atoms with Crippen LogP contribution < -0.4 is 11.1 Å². The van der Waals surface area contributed by atoms with Gasteiger partial charge in [-0.1, -0.05) is 0 Å². The van der Waals surface area contributed by atoms with Crippen molar-refractivity contribution in [3.8, 4) is 0 Å². The third-order valence-corrected chi connectivity index (χ3v) is 2.83. The number of nitrogens with two attached hydrogens (primary N) is 1. The van der Waals surface area contributed by atoms with Gasteiger partial charge in [0.25, 0.3) is 0 Å². The molecule has 0 spiro atoms. The van der Waals surface area contributed by atoms with Crippen LogP contribution in [0.5, 0.6) is 0 Å². The molecular weight excluding hydrogens is 208 g/mol. The van der Waals surface area contributed by atoms with Gasteiger partial charge in [0.2, 0.25) is 0 Å². The number of thiazole rings is 1. The number of nitrogens with zero attached hydrogens (tertiary/aromatic N) is 2. The fraction of sp³-hybridized carbons (Fsp3) is 0.200. The fourth-order valence-electron chi connectivity index (χ4n) is 1.18. The van der Waals surface area contributed by atoms with Crippen molar-refractivity contribution in [2.45, 2.75) is 13.5 Å². The minimum absolute atomic E-state index is 0.721. The molecule has 0 saturated heterocycles. The Kier molecular flexibility index (Phi) is 2.82. The zero-order valence-corrected chi connectivity index (χ0v) is 9.21. The molecule has 0 atom stereocenters. The second-order valence-electron chi connectivity index (χ2n) is 3.19. The molecule has 15 heavy (non-hydrogen) atoms. The molecule has 2 aromatic heterocycles. The highest BCUT2D eigenvalue weighted by molar-refractivity contribution is 7.09. The summed E-state index contributed by atoms with van der Waals surface area (Å²) < 4.78 is 0. The molecule has 0 bridgehead atoms. The van der Waals surface area contributed by atoms with Crippen LogP contribution >= 0.6 is 11.3 Å². The van der Waals surface area contributed by atoms with Gasteiger partial charge in [-0.3, -0.25) is 4.98 Å². The lowest BCUT2D eigenvalue weighted by atomic mass is 10.3. The third-order valence-electron chi connectivity index (χ3n) is 2.05. The Hall–Kier alpha value is -1.62. The van der Waals surface area contributed by atoms with Gasteiger partial charge in [0.05, 0.1) is 23.4 Å². The van der Waals surface area contributed by atoms with Crippen LogP contribution in [0.3, 0.4) is 0 Å². The SMILES string of the molecule is Cc1nc(NCc2cncs2)ccc1N. The molecule has 5 heteroatoms. The molecule has 2 aromatic rings. The number of aryl methyl sites for hydroxylation is 1. The molecule has 78 valence electrons. The Bertz CT molecular complexity index is 439. The molecule has 0 amide bonds. The molecule has 0 unspecified atom stereocenters. The maximum atomic E-state index is 5.68. The first-order valence-corrected chi connectivity index (χ1v) is 5.48. The Morgan fingerprint density at radius 3 is 3.00 bits per heavy atom. The quantitative estimate of drug-likeness (QED) is 0.830. The highest BCUT2D eigenvalue weighted by Crippen LogP contribution is 2.13. The average molecular weight is 220 g/mol. The molecular formula is C10H12N4S. The number of hydrogen-bond donors (Lipinski definition) is 2. The van der Waals surface area contributed by atoms with E-state index in [0.717, 1.165) is 23.7 Å². The monoisotopic (exact) mass is 220 g/mol. The van der Waals surface area contributed by atoms with Crippen molar-refractivity contribution in [2.75, 3.05) is 11.1 Å². The molecule has 2 rings (SSSR count). The Balaban J connectivity index is 2.02. The van der Waals surface area contributed by atoms with Crippen molar-refractivity contribution in [3.05, 3.63) is 34.4 Å². The van der Waals surface area contributed by atoms with E-state index in [9.17, 15) is 0 Å². The van der Waals surface area contributed by atoms with Crippen molar-refractivity contribution in [1.29, 1.82) is 0 Å². The van der Waals surface area contributed by atoms with Crippen molar-refractivity contribution in [1.82, 2.24) is 9.97 Å². The summed E-state index contributed by atoms with van der Waals surface area (Å²) in [4.78, 5) is 9.51. The maximum absolute atomic E-state index is 5.68. The first-order valence-electron chi connectivity index (χ1n) is 4.60. The second kappa shape index (κ2) is 4.27. The predicted molar refractivity (Wildman–Crippen MR) is 62.8 cm³/mol. The topological polar surface area (TPSA) is 63.8 Å². The van der Waals surface area contributed by atoms with Gasteiger partial charge < -0.3 is 11.1 Å². The van der Waals surface area contributed by atoms with E-state index in [-0.39, 0.29) is 0 Å². The van der Waals surface area contributed by atoms with Crippen LogP contribution in [0.1, 0.15) is 10.6 Å². The highest BCUT2D eigenvalue weighted by atomic mass is 32.1. The molecule has 4 nitrogen and oxygen atoms in total. The van der Waals surface area contributed by atoms with Gasteiger partial charge in [-0.05, 0) is 19.1 Å². The fourth-order valence-corrected chi connectivity index (χ4v) is 1.71. The van der Waals surface area contributed by atoms with E-state index in [1.165, 1.54) is 4.88 Å². The summed E-state index contributed by atoms with van der Waals surface area (Å²) in [6.07, 6.45) is 1.85. The van der Waals surface area contributed by atoms with E-state index in [0.29, 0.717) is 0 Å². The van der Waals surface area contributed by atoms with Crippen LogP contribution in [-0.2, 0) is 6.54 Å². The summed E-state index contributed by atoms with van der Waals surface area (Å²) in [5.41, 5.74) is 9.07. The van der Waals surface area contributed by atoms with Gasteiger partial charge in [-0.25, -0.2) is 4.98 Å². The molecule has 2 heterocycles. The van der Waals surface area contributed by atoms with Crippen molar-refractivity contribution in [2.24, 2.45) is 0 Å². The van der Waals surface area contributed by atoms with Crippen molar-refractivity contribution in [3.63, 3.8) is 0 Å². The van der Waals surface area contributed by atoms with Gasteiger partial charge in [0.15, 0.2) is 0 Å². The lowest BCUT2D eigenvalue weighted by molar-refractivity contribution is 1.11. The standard InChI is InChI=1S/C10H12N4S/c1-7-9(11)2-3-10(14-7)13-5-8-4-12-6-15-8/h2-4,6H,5,11H2,1H3,(H,13,14). The number of hydrogen-bond acceptors (Lipinski definition) is 5. The van der Waals surface area contributed by atoms with E-state index < -0.39 is 0 Å². The normalized spacial score (nSPS) is 10.2. The molecule has 0 saturated carbocycles. The number of anilines is 2. The minimum Gasteiger partial charge on any atom is -0.397 e. The van der Waals surface area contributed by atoms with Gasteiger partial charge in [0.1, 0.15) is 5.82 Å². The van der Waals surface area contributed by atoms with E-state index in [1.807, 2.05) is 30.8 Å². The van der Waals surface area contributed by atoms with E-state index in [2.05, 4.69) is 15.3 Å². The van der Waals surface area contributed by atoms with Gasteiger partial charge >= 0.3 is 0 Å². The molecule has 0 aliphatic rings. The summed E-state index contributed by atoms with van der Waals surface area (Å²) >= 11 is 1.62. The summed E-state index contributed by atoms with van der Waals surface area (Å²) in [7, 11) is 0. The first-order chi connectivity index (χ1) is 7.25. The van der Waals surface area contributed by atoms with E-state index in [4.69, 9.17) is 5.73 Å². The molecule has 3 N–H and O–H groups in total. The molecule has 0 radical (unpaired) electrons. The maximum Gasteiger partial charge on any atom is 0.126 e. The van der Waals surface area contributed by atoms with Crippen LogP contribution in [0.25, 0.3) is 0 Å². The van der Waals surface area contributed by atoms with Gasteiger partial charge in [0, 0.05) is 11.1 Å². The predicted octanol–water partition coefficient (Wildman–Crippen LogP) is 2.04. The Morgan fingerprint density at radius 1 is 1.47 bits per heavy atom. The molecule has 0 aromatic carbocycles. The number of aromatic nitrogens is 2. The van der Waals surface area contributed by atoms with E-state index >= 15 is 0 Å².